The topological polar surface area (TPSA) is 62.4 Å². The minimum atomic E-state index is 0.0838. The van der Waals surface area contributed by atoms with Crippen molar-refractivity contribution in [1.82, 2.24) is 15.1 Å². The molecule has 0 aliphatic heterocycles. The average molecular weight is 302 g/mol. The molecule has 0 saturated heterocycles. The molecule has 0 fully saturated rings. The highest BCUT2D eigenvalue weighted by Crippen LogP contribution is 2.29. The maximum atomic E-state index is 8.82. The summed E-state index contributed by atoms with van der Waals surface area (Å²) in [5.74, 6) is 0.825. The Morgan fingerprint density at radius 2 is 2.11 bits per heavy atom. The molecule has 7 heteroatoms. The van der Waals surface area contributed by atoms with Crippen molar-refractivity contribution in [2.24, 2.45) is 0 Å². The van der Waals surface area contributed by atoms with Crippen molar-refractivity contribution in [1.29, 1.82) is 0 Å². The van der Waals surface area contributed by atoms with E-state index >= 15 is 0 Å². The first-order valence-electron chi connectivity index (χ1n) is 5.67. The molecule has 0 saturated carbocycles. The lowest BCUT2D eigenvalue weighted by molar-refractivity contribution is 0.206. The summed E-state index contributed by atoms with van der Waals surface area (Å²) in [6, 6.07) is 5.07. The van der Waals surface area contributed by atoms with Gasteiger partial charge in [-0.3, -0.25) is 4.90 Å². The highest BCUT2D eigenvalue weighted by molar-refractivity contribution is 6.36. The molecule has 19 heavy (non-hydrogen) atoms. The first-order valence-corrected chi connectivity index (χ1v) is 6.43. The van der Waals surface area contributed by atoms with Gasteiger partial charge in [0.25, 0.3) is 0 Å². The highest BCUT2D eigenvalue weighted by Gasteiger charge is 2.13. The Morgan fingerprint density at radius 3 is 2.79 bits per heavy atom. The van der Waals surface area contributed by atoms with Crippen molar-refractivity contribution >= 4 is 23.2 Å². The van der Waals surface area contributed by atoms with Crippen LogP contribution in [-0.2, 0) is 6.54 Å². The van der Waals surface area contributed by atoms with Gasteiger partial charge in [0.05, 0.1) is 23.7 Å². The van der Waals surface area contributed by atoms with Gasteiger partial charge in [-0.15, -0.1) is 10.2 Å². The third kappa shape index (κ3) is 3.67. The molecule has 2 aromatic rings. The molecule has 0 amide bonds. The minimum Gasteiger partial charge on any atom is -0.419 e. The molecule has 0 atom stereocenters. The second-order valence-electron chi connectivity index (χ2n) is 4.09. The standard InChI is InChI=1S/C12H13Cl2N3O2/c1-17(4-5-18)7-11-15-16-12(19-11)9-3-2-8(13)6-10(9)14/h2-3,6,18H,4-5,7H2,1H3. The number of nitrogens with zero attached hydrogens (tertiary/aromatic N) is 3. The van der Waals surface area contributed by atoms with E-state index < -0.39 is 0 Å². The van der Waals surface area contributed by atoms with Crippen molar-refractivity contribution in [3.8, 4) is 11.5 Å². The summed E-state index contributed by atoms with van der Waals surface area (Å²) in [5, 5.41) is 17.7. The predicted octanol–water partition coefficient (Wildman–Crippen LogP) is 2.47. The van der Waals surface area contributed by atoms with Gasteiger partial charge in [0.1, 0.15) is 0 Å². The fourth-order valence-electron chi connectivity index (χ4n) is 1.57. The summed E-state index contributed by atoms with van der Waals surface area (Å²) in [4.78, 5) is 1.88. The van der Waals surface area contributed by atoms with Gasteiger partial charge in [-0.1, -0.05) is 23.2 Å². The van der Waals surface area contributed by atoms with Crippen LogP contribution in [0.2, 0.25) is 10.0 Å². The molecule has 102 valence electrons. The summed E-state index contributed by atoms with van der Waals surface area (Å²) in [5.41, 5.74) is 0.648. The summed E-state index contributed by atoms with van der Waals surface area (Å²) >= 11 is 11.9. The molecular weight excluding hydrogens is 289 g/mol. The number of hydrogen-bond acceptors (Lipinski definition) is 5. The van der Waals surface area contributed by atoms with E-state index in [-0.39, 0.29) is 6.61 Å². The quantitative estimate of drug-likeness (QED) is 0.919. The van der Waals surface area contributed by atoms with Crippen molar-refractivity contribution in [3.05, 3.63) is 34.1 Å². The number of aromatic nitrogens is 2. The van der Waals surface area contributed by atoms with Gasteiger partial charge in [-0.2, -0.15) is 0 Å². The number of likely N-dealkylation sites (N-methyl/N-ethyl adjacent to an activating group) is 1. The van der Waals surface area contributed by atoms with Crippen molar-refractivity contribution in [2.45, 2.75) is 6.54 Å². The first kappa shape index (κ1) is 14.3. The molecule has 1 N–H and O–H groups in total. The monoisotopic (exact) mass is 301 g/mol. The van der Waals surface area contributed by atoms with E-state index in [4.69, 9.17) is 32.7 Å². The van der Waals surface area contributed by atoms with Crippen LogP contribution < -0.4 is 0 Å². The number of rotatable bonds is 5. The third-order valence-electron chi connectivity index (χ3n) is 2.52. The largest absolute Gasteiger partial charge is 0.419 e. The molecule has 0 aliphatic rings. The number of aliphatic hydroxyl groups excluding tert-OH is 1. The van der Waals surface area contributed by atoms with Gasteiger partial charge in [-0.05, 0) is 25.2 Å². The Labute approximate surface area is 120 Å². The molecule has 0 aliphatic carbocycles. The Kier molecular flexibility index (Phi) is 4.76. The molecule has 1 heterocycles. The van der Waals surface area contributed by atoms with E-state index in [1.807, 2.05) is 11.9 Å². The fourth-order valence-corrected chi connectivity index (χ4v) is 2.06. The van der Waals surface area contributed by atoms with Gasteiger partial charge < -0.3 is 9.52 Å². The molecular formula is C12H13Cl2N3O2. The Hall–Kier alpha value is -1.14. The van der Waals surface area contributed by atoms with Crippen LogP contribution >= 0.6 is 23.2 Å². The predicted molar refractivity (Wildman–Crippen MR) is 73.2 cm³/mol. The zero-order valence-corrected chi connectivity index (χ0v) is 11.8. The van der Waals surface area contributed by atoms with Crippen LogP contribution in [0.1, 0.15) is 5.89 Å². The maximum Gasteiger partial charge on any atom is 0.249 e. The van der Waals surface area contributed by atoms with Crippen LogP contribution in [-0.4, -0.2) is 40.4 Å². The number of halogens is 2. The molecule has 1 aromatic carbocycles. The van der Waals surface area contributed by atoms with Crippen LogP contribution in [0.4, 0.5) is 0 Å². The zero-order valence-electron chi connectivity index (χ0n) is 10.3. The Morgan fingerprint density at radius 1 is 1.32 bits per heavy atom. The van der Waals surface area contributed by atoms with Crippen LogP contribution in [0.15, 0.2) is 22.6 Å². The zero-order chi connectivity index (χ0) is 13.8. The number of aliphatic hydroxyl groups is 1. The highest BCUT2D eigenvalue weighted by atomic mass is 35.5. The third-order valence-corrected chi connectivity index (χ3v) is 3.06. The van der Waals surface area contributed by atoms with Gasteiger partial charge in [-0.25, -0.2) is 0 Å². The lowest BCUT2D eigenvalue weighted by Crippen LogP contribution is -2.21. The van der Waals surface area contributed by atoms with E-state index in [1.54, 1.807) is 18.2 Å². The van der Waals surface area contributed by atoms with Crippen LogP contribution in [0, 0.1) is 0 Å². The average Bonchev–Trinajstić information content (AvgIpc) is 2.77. The lowest BCUT2D eigenvalue weighted by atomic mass is 10.2. The first-order chi connectivity index (χ1) is 9.10. The second-order valence-corrected chi connectivity index (χ2v) is 4.93. The van der Waals surface area contributed by atoms with E-state index in [2.05, 4.69) is 10.2 Å². The summed E-state index contributed by atoms with van der Waals surface area (Å²) in [6.45, 7) is 1.10. The smallest absolute Gasteiger partial charge is 0.249 e. The van der Waals surface area contributed by atoms with Crippen molar-refractivity contribution in [2.75, 3.05) is 20.2 Å². The maximum absolute atomic E-state index is 8.82. The normalized spacial score (nSPS) is 11.2. The van der Waals surface area contributed by atoms with Crippen LogP contribution in [0.3, 0.4) is 0 Å². The number of benzene rings is 1. The molecule has 1 aromatic heterocycles. The Balaban J connectivity index is 2.16. The van der Waals surface area contributed by atoms with Crippen molar-refractivity contribution < 1.29 is 9.52 Å². The molecule has 5 nitrogen and oxygen atoms in total. The van der Waals surface area contributed by atoms with Gasteiger partial charge >= 0.3 is 0 Å². The van der Waals surface area contributed by atoms with E-state index in [0.717, 1.165) is 0 Å². The SMILES string of the molecule is CN(CCO)Cc1nnc(-c2ccc(Cl)cc2Cl)o1. The summed E-state index contributed by atoms with van der Waals surface area (Å²) in [6.07, 6.45) is 0. The molecule has 0 spiro atoms. The second kappa shape index (κ2) is 6.34. The van der Waals surface area contributed by atoms with E-state index in [0.29, 0.717) is 40.5 Å². The minimum absolute atomic E-state index is 0.0838. The van der Waals surface area contributed by atoms with E-state index in [1.165, 1.54) is 0 Å². The van der Waals surface area contributed by atoms with Crippen molar-refractivity contribution in [3.63, 3.8) is 0 Å². The molecule has 0 radical (unpaired) electrons. The van der Waals surface area contributed by atoms with Gasteiger partial charge in [0.15, 0.2) is 0 Å². The lowest BCUT2D eigenvalue weighted by Gasteiger charge is -2.11. The molecule has 2 rings (SSSR count). The summed E-state index contributed by atoms with van der Waals surface area (Å²) in [7, 11) is 1.86. The van der Waals surface area contributed by atoms with Crippen LogP contribution in [0.5, 0.6) is 0 Å². The van der Waals surface area contributed by atoms with E-state index in [9.17, 15) is 0 Å². The molecule has 0 unspecified atom stereocenters. The molecule has 0 bridgehead atoms. The Bertz CT molecular complexity index is 560. The van der Waals surface area contributed by atoms with Gasteiger partial charge in [0.2, 0.25) is 11.8 Å². The summed E-state index contributed by atoms with van der Waals surface area (Å²) < 4.78 is 5.53. The van der Waals surface area contributed by atoms with Crippen LogP contribution in [0.25, 0.3) is 11.5 Å². The number of hydrogen-bond donors (Lipinski definition) is 1. The fraction of sp³-hybridized carbons (Fsp3) is 0.333. The van der Waals surface area contributed by atoms with Gasteiger partial charge in [0, 0.05) is 11.6 Å².